The summed E-state index contributed by atoms with van der Waals surface area (Å²) >= 11 is 0. The SMILES string of the molecule is Cc1ccc(S(=O)(=O)Nc2cc(C)c(N)cn2)c(C)c1. The summed E-state index contributed by atoms with van der Waals surface area (Å²) in [5.74, 6) is 0.261. The van der Waals surface area contributed by atoms with Gasteiger partial charge in [0.2, 0.25) is 0 Å². The van der Waals surface area contributed by atoms with E-state index in [0.717, 1.165) is 11.1 Å². The number of anilines is 2. The molecule has 0 amide bonds. The number of nitrogen functional groups attached to an aromatic ring is 1. The van der Waals surface area contributed by atoms with E-state index in [1.807, 2.05) is 13.0 Å². The lowest BCUT2D eigenvalue weighted by molar-refractivity contribution is 0.600. The van der Waals surface area contributed by atoms with E-state index in [-0.39, 0.29) is 10.7 Å². The molecule has 2 aromatic rings. The molecule has 0 atom stereocenters. The quantitative estimate of drug-likeness (QED) is 0.909. The van der Waals surface area contributed by atoms with Crippen LogP contribution in [0.15, 0.2) is 35.4 Å². The Bertz CT molecular complexity index is 755. The number of aryl methyl sites for hydroxylation is 3. The largest absolute Gasteiger partial charge is 0.397 e. The van der Waals surface area contributed by atoms with Gasteiger partial charge in [0.1, 0.15) is 5.82 Å². The second kappa shape index (κ2) is 5.13. The molecule has 0 bridgehead atoms. The fraction of sp³-hybridized carbons (Fsp3) is 0.214. The van der Waals surface area contributed by atoms with Crippen LogP contribution in [0.3, 0.4) is 0 Å². The van der Waals surface area contributed by atoms with Gasteiger partial charge in [-0.3, -0.25) is 4.72 Å². The minimum atomic E-state index is -3.64. The van der Waals surface area contributed by atoms with Gasteiger partial charge >= 0.3 is 0 Å². The molecular weight excluding hydrogens is 274 g/mol. The smallest absolute Gasteiger partial charge is 0.263 e. The molecule has 6 heteroatoms. The number of aromatic nitrogens is 1. The highest BCUT2D eigenvalue weighted by atomic mass is 32.2. The highest BCUT2D eigenvalue weighted by molar-refractivity contribution is 7.92. The lowest BCUT2D eigenvalue weighted by atomic mass is 10.2. The molecule has 0 saturated heterocycles. The lowest BCUT2D eigenvalue weighted by Gasteiger charge is -2.11. The zero-order chi connectivity index (χ0) is 14.9. The van der Waals surface area contributed by atoms with E-state index < -0.39 is 10.0 Å². The van der Waals surface area contributed by atoms with Crippen molar-refractivity contribution >= 4 is 21.5 Å². The molecule has 0 saturated carbocycles. The molecule has 0 aliphatic heterocycles. The molecule has 0 aliphatic carbocycles. The summed E-state index contributed by atoms with van der Waals surface area (Å²) in [6.45, 7) is 5.48. The van der Waals surface area contributed by atoms with Crippen LogP contribution in [0.4, 0.5) is 11.5 Å². The Hall–Kier alpha value is -2.08. The molecule has 106 valence electrons. The number of sulfonamides is 1. The third-order valence-electron chi connectivity index (χ3n) is 3.01. The number of nitrogens with one attached hydrogen (secondary N) is 1. The van der Waals surface area contributed by atoms with Gasteiger partial charge in [0, 0.05) is 0 Å². The van der Waals surface area contributed by atoms with Crippen LogP contribution in [0.2, 0.25) is 0 Å². The predicted molar refractivity (Wildman–Crippen MR) is 80.1 cm³/mol. The van der Waals surface area contributed by atoms with Gasteiger partial charge in [-0.15, -0.1) is 0 Å². The fourth-order valence-electron chi connectivity index (χ4n) is 1.92. The zero-order valence-corrected chi connectivity index (χ0v) is 12.5. The summed E-state index contributed by atoms with van der Waals surface area (Å²) in [6.07, 6.45) is 1.44. The maximum atomic E-state index is 12.3. The molecule has 0 fully saturated rings. The van der Waals surface area contributed by atoms with Crippen molar-refractivity contribution in [3.05, 3.63) is 47.2 Å². The Balaban J connectivity index is 2.38. The van der Waals surface area contributed by atoms with Gasteiger partial charge in [0.15, 0.2) is 0 Å². The van der Waals surface area contributed by atoms with Crippen molar-refractivity contribution in [2.75, 3.05) is 10.5 Å². The van der Waals surface area contributed by atoms with Crippen LogP contribution in [0.5, 0.6) is 0 Å². The first-order valence-corrected chi connectivity index (χ1v) is 7.60. The van der Waals surface area contributed by atoms with Crippen molar-refractivity contribution in [3.8, 4) is 0 Å². The molecule has 3 N–H and O–H groups in total. The molecule has 1 aromatic carbocycles. The third kappa shape index (κ3) is 2.91. The van der Waals surface area contributed by atoms with Gasteiger partial charge in [-0.05, 0) is 44.0 Å². The molecule has 0 spiro atoms. The van der Waals surface area contributed by atoms with Crippen LogP contribution in [-0.2, 0) is 10.0 Å². The van der Waals surface area contributed by atoms with Gasteiger partial charge < -0.3 is 5.73 Å². The summed E-state index contributed by atoms with van der Waals surface area (Å²) in [5, 5.41) is 0. The standard InChI is InChI=1S/C14H17N3O2S/c1-9-4-5-13(11(3)6-9)20(18,19)17-14-7-10(2)12(15)8-16-14/h4-8H,15H2,1-3H3,(H,16,17). The van der Waals surface area contributed by atoms with E-state index in [9.17, 15) is 8.42 Å². The van der Waals surface area contributed by atoms with Crippen molar-refractivity contribution in [1.29, 1.82) is 0 Å². The summed E-state index contributed by atoms with van der Waals surface area (Å²) in [6, 6.07) is 6.80. The molecule has 2 rings (SSSR count). The average molecular weight is 291 g/mol. The molecule has 1 heterocycles. The van der Waals surface area contributed by atoms with Gasteiger partial charge in [-0.1, -0.05) is 17.7 Å². The number of nitrogens with two attached hydrogens (primary N) is 1. The molecule has 5 nitrogen and oxygen atoms in total. The topological polar surface area (TPSA) is 85.1 Å². The molecule has 0 unspecified atom stereocenters. The summed E-state index contributed by atoms with van der Waals surface area (Å²) in [4.78, 5) is 4.23. The van der Waals surface area contributed by atoms with E-state index in [2.05, 4.69) is 9.71 Å². The van der Waals surface area contributed by atoms with Gasteiger partial charge in [-0.2, -0.15) is 0 Å². The maximum absolute atomic E-state index is 12.3. The van der Waals surface area contributed by atoms with Crippen LogP contribution in [-0.4, -0.2) is 13.4 Å². The van der Waals surface area contributed by atoms with Crippen LogP contribution < -0.4 is 10.5 Å². The average Bonchev–Trinajstić information content (AvgIpc) is 2.33. The van der Waals surface area contributed by atoms with Crippen molar-refractivity contribution < 1.29 is 8.42 Å². The molecular formula is C14H17N3O2S. The first kappa shape index (κ1) is 14.3. The van der Waals surface area contributed by atoms with Crippen molar-refractivity contribution in [3.63, 3.8) is 0 Å². The van der Waals surface area contributed by atoms with Crippen LogP contribution in [0.1, 0.15) is 16.7 Å². The highest BCUT2D eigenvalue weighted by Gasteiger charge is 2.17. The monoisotopic (exact) mass is 291 g/mol. The second-order valence-electron chi connectivity index (χ2n) is 4.80. The lowest BCUT2D eigenvalue weighted by Crippen LogP contribution is -2.15. The fourth-order valence-corrected chi connectivity index (χ4v) is 3.14. The maximum Gasteiger partial charge on any atom is 0.263 e. The van der Waals surface area contributed by atoms with E-state index >= 15 is 0 Å². The normalized spacial score (nSPS) is 11.3. The number of benzene rings is 1. The van der Waals surface area contributed by atoms with Crippen molar-refractivity contribution in [1.82, 2.24) is 4.98 Å². The minimum absolute atomic E-state index is 0.249. The number of pyridine rings is 1. The number of nitrogens with zero attached hydrogens (tertiary/aromatic N) is 1. The highest BCUT2D eigenvalue weighted by Crippen LogP contribution is 2.21. The van der Waals surface area contributed by atoms with E-state index in [0.29, 0.717) is 11.3 Å². The molecule has 0 aliphatic rings. The third-order valence-corrected chi connectivity index (χ3v) is 4.53. The number of hydrogen-bond acceptors (Lipinski definition) is 4. The number of rotatable bonds is 3. The van der Waals surface area contributed by atoms with Crippen molar-refractivity contribution in [2.45, 2.75) is 25.7 Å². The Morgan fingerprint density at radius 3 is 2.40 bits per heavy atom. The Morgan fingerprint density at radius 2 is 1.80 bits per heavy atom. The zero-order valence-electron chi connectivity index (χ0n) is 11.6. The van der Waals surface area contributed by atoms with E-state index in [1.165, 1.54) is 6.20 Å². The summed E-state index contributed by atoms with van der Waals surface area (Å²) < 4.78 is 27.2. The first-order chi connectivity index (χ1) is 9.29. The van der Waals surface area contributed by atoms with Gasteiger partial charge in [0.05, 0.1) is 16.8 Å². The second-order valence-corrected chi connectivity index (χ2v) is 6.45. The van der Waals surface area contributed by atoms with Crippen molar-refractivity contribution in [2.24, 2.45) is 0 Å². The summed E-state index contributed by atoms with van der Waals surface area (Å²) in [5.41, 5.74) is 8.68. The Labute approximate surface area is 118 Å². The summed E-state index contributed by atoms with van der Waals surface area (Å²) in [7, 11) is -3.64. The van der Waals surface area contributed by atoms with Crippen LogP contribution in [0.25, 0.3) is 0 Å². The van der Waals surface area contributed by atoms with E-state index in [1.54, 1.807) is 32.0 Å². The van der Waals surface area contributed by atoms with Crippen LogP contribution >= 0.6 is 0 Å². The molecule has 1 aromatic heterocycles. The van der Waals surface area contributed by atoms with Gasteiger partial charge in [0.25, 0.3) is 10.0 Å². The molecule has 20 heavy (non-hydrogen) atoms. The minimum Gasteiger partial charge on any atom is -0.397 e. The Kier molecular flexibility index (Phi) is 3.67. The van der Waals surface area contributed by atoms with Crippen LogP contribution in [0, 0.1) is 20.8 Å². The van der Waals surface area contributed by atoms with Gasteiger partial charge in [-0.25, -0.2) is 13.4 Å². The molecule has 0 radical (unpaired) electrons. The Morgan fingerprint density at radius 1 is 1.10 bits per heavy atom. The number of hydrogen-bond donors (Lipinski definition) is 2. The predicted octanol–water partition coefficient (Wildman–Crippen LogP) is 2.39. The van der Waals surface area contributed by atoms with E-state index in [4.69, 9.17) is 5.73 Å². The first-order valence-electron chi connectivity index (χ1n) is 6.12.